The third-order valence-electron chi connectivity index (χ3n) is 2.19. The number of nitrogens with zero attached hydrogens (tertiary/aromatic N) is 3. The molecule has 17 heavy (non-hydrogen) atoms. The molecule has 0 spiro atoms. The SMILES string of the molecule is COc1cncc(-c2ncnc(Cl)c2OC)c1. The first kappa shape index (κ1) is 11.6. The van der Waals surface area contributed by atoms with Crippen molar-refractivity contribution in [2.75, 3.05) is 14.2 Å². The Balaban J connectivity index is 2.55. The Hall–Kier alpha value is -1.88. The minimum Gasteiger partial charge on any atom is -0.495 e. The number of rotatable bonds is 3. The number of methoxy groups -OCH3 is 2. The molecule has 0 radical (unpaired) electrons. The van der Waals surface area contributed by atoms with Gasteiger partial charge in [-0.05, 0) is 6.07 Å². The van der Waals surface area contributed by atoms with Gasteiger partial charge in [0.15, 0.2) is 10.9 Å². The Morgan fingerprint density at radius 3 is 2.65 bits per heavy atom. The summed E-state index contributed by atoms with van der Waals surface area (Å²) in [6, 6.07) is 1.80. The van der Waals surface area contributed by atoms with Crippen molar-refractivity contribution in [1.29, 1.82) is 0 Å². The van der Waals surface area contributed by atoms with Crippen LogP contribution in [-0.2, 0) is 0 Å². The normalized spacial score (nSPS) is 10.1. The van der Waals surface area contributed by atoms with Crippen LogP contribution >= 0.6 is 11.6 Å². The molecule has 0 aromatic carbocycles. The topological polar surface area (TPSA) is 57.1 Å². The highest BCUT2D eigenvalue weighted by molar-refractivity contribution is 6.31. The van der Waals surface area contributed by atoms with E-state index in [9.17, 15) is 0 Å². The smallest absolute Gasteiger partial charge is 0.182 e. The van der Waals surface area contributed by atoms with Crippen LogP contribution in [0.3, 0.4) is 0 Å². The lowest BCUT2D eigenvalue weighted by molar-refractivity contribution is 0.410. The van der Waals surface area contributed by atoms with Gasteiger partial charge in [-0.3, -0.25) is 4.98 Å². The van der Waals surface area contributed by atoms with Crippen LogP contribution in [0.2, 0.25) is 5.15 Å². The molecule has 2 rings (SSSR count). The molecule has 5 nitrogen and oxygen atoms in total. The summed E-state index contributed by atoms with van der Waals surface area (Å²) >= 11 is 5.93. The zero-order valence-corrected chi connectivity index (χ0v) is 10.1. The van der Waals surface area contributed by atoms with Crippen molar-refractivity contribution in [3.05, 3.63) is 29.9 Å². The molecule has 2 aromatic rings. The van der Waals surface area contributed by atoms with E-state index in [1.165, 1.54) is 13.4 Å². The van der Waals surface area contributed by atoms with Crippen LogP contribution in [-0.4, -0.2) is 29.2 Å². The number of aromatic nitrogens is 3. The number of halogens is 1. The highest BCUT2D eigenvalue weighted by Gasteiger charge is 2.13. The maximum atomic E-state index is 5.93. The molecule has 0 amide bonds. The third kappa shape index (κ3) is 2.29. The predicted octanol–water partition coefficient (Wildman–Crippen LogP) is 2.21. The fraction of sp³-hybridized carbons (Fsp3) is 0.182. The third-order valence-corrected chi connectivity index (χ3v) is 2.46. The molecule has 2 aromatic heterocycles. The van der Waals surface area contributed by atoms with Crippen LogP contribution in [0.1, 0.15) is 0 Å². The molecular formula is C11H10ClN3O2. The lowest BCUT2D eigenvalue weighted by atomic mass is 10.2. The highest BCUT2D eigenvalue weighted by atomic mass is 35.5. The van der Waals surface area contributed by atoms with Crippen LogP contribution in [0, 0.1) is 0 Å². The van der Waals surface area contributed by atoms with Gasteiger partial charge in [0.1, 0.15) is 17.8 Å². The number of ether oxygens (including phenoxy) is 2. The average molecular weight is 252 g/mol. The maximum Gasteiger partial charge on any atom is 0.182 e. The second-order valence-corrected chi connectivity index (χ2v) is 3.52. The first-order valence-electron chi connectivity index (χ1n) is 4.80. The van der Waals surface area contributed by atoms with E-state index < -0.39 is 0 Å². The molecule has 0 saturated carbocycles. The summed E-state index contributed by atoms with van der Waals surface area (Å²) < 4.78 is 10.3. The second kappa shape index (κ2) is 4.97. The van der Waals surface area contributed by atoms with Crippen molar-refractivity contribution >= 4 is 11.6 Å². The van der Waals surface area contributed by atoms with Gasteiger partial charge >= 0.3 is 0 Å². The first-order chi connectivity index (χ1) is 8.26. The summed E-state index contributed by atoms with van der Waals surface area (Å²) in [4.78, 5) is 12.0. The molecule has 0 fully saturated rings. The minimum atomic E-state index is 0.264. The van der Waals surface area contributed by atoms with Gasteiger partial charge < -0.3 is 9.47 Å². The van der Waals surface area contributed by atoms with E-state index in [2.05, 4.69) is 15.0 Å². The van der Waals surface area contributed by atoms with E-state index in [0.717, 1.165) is 5.56 Å². The quantitative estimate of drug-likeness (QED) is 0.783. The van der Waals surface area contributed by atoms with Crippen LogP contribution in [0.25, 0.3) is 11.3 Å². The average Bonchev–Trinajstić information content (AvgIpc) is 2.38. The molecule has 0 aliphatic rings. The van der Waals surface area contributed by atoms with E-state index in [0.29, 0.717) is 17.2 Å². The molecule has 0 unspecified atom stereocenters. The van der Waals surface area contributed by atoms with Gasteiger partial charge in [-0.15, -0.1) is 0 Å². The van der Waals surface area contributed by atoms with Gasteiger partial charge in [0.25, 0.3) is 0 Å². The molecular weight excluding hydrogens is 242 g/mol. The fourth-order valence-corrected chi connectivity index (χ4v) is 1.61. The predicted molar refractivity (Wildman–Crippen MR) is 63.4 cm³/mol. The van der Waals surface area contributed by atoms with E-state index in [4.69, 9.17) is 21.1 Å². The molecule has 0 saturated heterocycles. The van der Waals surface area contributed by atoms with Crippen molar-refractivity contribution in [2.24, 2.45) is 0 Å². The molecule has 6 heteroatoms. The van der Waals surface area contributed by atoms with Crippen molar-refractivity contribution in [3.63, 3.8) is 0 Å². The van der Waals surface area contributed by atoms with Crippen molar-refractivity contribution < 1.29 is 9.47 Å². The van der Waals surface area contributed by atoms with Gasteiger partial charge in [-0.1, -0.05) is 11.6 Å². The standard InChI is InChI=1S/C11H10ClN3O2/c1-16-8-3-7(4-13-5-8)9-10(17-2)11(12)15-6-14-9/h3-6H,1-2H3. The van der Waals surface area contributed by atoms with E-state index in [1.54, 1.807) is 25.6 Å². The van der Waals surface area contributed by atoms with E-state index in [-0.39, 0.29) is 5.15 Å². The van der Waals surface area contributed by atoms with Gasteiger partial charge in [-0.25, -0.2) is 9.97 Å². The summed E-state index contributed by atoms with van der Waals surface area (Å²) in [5.41, 5.74) is 1.34. The van der Waals surface area contributed by atoms with Gasteiger partial charge in [-0.2, -0.15) is 0 Å². The lowest BCUT2D eigenvalue weighted by Gasteiger charge is -2.08. The van der Waals surface area contributed by atoms with E-state index >= 15 is 0 Å². The van der Waals surface area contributed by atoms with Crippen LogP contribution in [0.15, 0.2) is 24.8 Å². The summed E-state index contributed by atoms with van der Waals surface area (Å²) in [7, 11) is 3.09. The highest BCUT2D eigenvalue weighted by Crippen LogP contribution is 2.33. The lowest BCUT2D eigenvalue weighted by Crippen LogP contribution is -1.95. The Kier molecular flexibility index (Phi) is 3.39. The van der Waals surface area contributed by atoms with Crippen molar-refractivity contribution in [1.82, 2.24) is 15.0 Å². The van der Waals surface area contributed by atoms with Crippen LogP contribution in [0.4, 0.5) is 0 Å². The van der Waals surface area contributed by atoms with Crippen LogP contribution in [0.5, 0.6) is 11.5 Å². The number of hydrogen-bond donors (Lipinski definition) is 0. The molecule has 0 aliphatic heterocycles. The largest absolute Gasteiger partial charge is 0.495 e. The maximum absolute atomic E-state index is 5.93. The number of pyridine rings is 1. The Morgan fingerprint density at radius 1 is 1.12 bits per heavy atom. The van der Waals surface area contributed by atoms with Gasteiger partial charge in [0.2, 0.25) is 0 Å². The summed E-state index contributed by atoms with van der Waals surface area (Å²) in [6.07, 6.45) is 4.64. The zero-order chi connectivity index (χ0) is 12.3. The number of hydrogen-bond acceptors (Lipinski definition) is 5. The van der Waals surface area contributed by atoms with Crippen molar-refractivity contribution in [2.45, 2.75) is 0 Å². The molecule has 2 heterocycles. The molecule has 88 valence electrons. The first-order valence-corrected chi connectivity index (χ1v) is 5.18. The molecule has 0 aliphatic carbocycles. The van der Waals surface area contributed by atoms with Crippen LogP contribution < -0.4 is 9.47 Å². The molecule has 0 bridgehead atoms. The molecule has 0 atom stereocenters. The van der Waals surface area contributed by atoms with E-state index in [1.807, 2.05) is 0 Å². The summed E-state index contributed by atoms with van der Waals surface area (Å²) in [5.74, 6) is 1.06. The van der Waals surface area contributed by atoms with Gasteiger partial charge in [0.05, 0.1) is 20.4 Å². The Labute approximate surface area is 103 Å². The summed E-state index contributed by atoms with van der Waals surface area (Å²) in [6.45, 7) is 0. The van der Waals surface area contributed by atoms with Gasteiger partial charge in [0, 0.05) is 11.8 Å². The Morgan fingerprint density at radius 2 is 1.94 bits per heavy atom. The summed E-state index contributed by atoms with van der Waals surface area (Å²) in [5, 5.41) is 0.264. The second-order valence-electron chi connectivity index (χ2n) is 3.16. The van der Waals surface area contributed by atoms with Crippen molar-refractivity contribution in [3.8, 4) is 22.8 Å². The Bertz CT molecular complexity index is 534. The molecule has 0 N–H and O–H groups in total. The monoisotopic (exact) mass is 251 g/mol. The zero-order valence-electron chi connectivity index (χ0n) is 9.35. The fourth-order valence-electron chi connectivity index (χ4n) is 1.40. The minimum absolute atomic E-state index is 0.264.